The number of benzene rings is 1. The summed E-state index contributed by atoms with van der Waals surface area (Å²) < 4.78 is 3.07. The molecular weight excluding hydrogens is 244 g/mol. The Hall–Kier alpha value is -0.0500. The fraction of sp³-hybridized carbons (Fsp3) is 0. The minimum Gasteiger partial charge on any atom is -0.122 e. The van der Waals surface area contributed by atoms with E-state index in [4.69, 9.17) is 11.6 Å². The van der Waals surface area contributed by atoms with Gasteiger partial charge in [-0.15, -0.1) is 11.3 Å². The highest BCUT2D eigenvalue weighted by Crippen LogP contribution is 2.38. The molecule has 0 atom stereocenters. The topological polar surface area (TPSA) is 0 Å². The molecule has 0 nitrogen and oxygen atoms in total. The maximum atomic E-state index is 5.92. The molecule has 0 bridgehead atoms. The third-order valence-electron chi connectivity index (χ3n) is 1.50. The van der Waals surface area contributed by atoms with E-state index in [0.29, 0.717) is 0 Å². The molecule has 0 aliphatic heterocycles. The lowest BCUT2D eigenvalue weighted by molar-refractivity contribution is 1.83. The second-order valence-electron chi connectivity index (χ2n) is 2.19. The van der Waals surface area contributed by atoms with Crippen LogP contribution < -0.4 is 0 Å². The highest BCUT2D eigenvalue weighted by atomic mass is 79.9. The smallest absolute Gasteiger partial charge is 0.108 e. The van der Waals surface area contributed by atoms with Crippen molar-refractivity contribution in [3.8, 4) is 0 Å². The van der Waals surface area contributed by atoms with E-state index in [0.717, 1.165) is 8.81 Å². The van der Waals surface area contributed by atoms with E-state index in [1.807, 2.05) is 12.1 Å². The Morgan fingerprint density at radius 1 is 1.27 bits per heavy atom. The first kappa shape index (κ1) is 7.59. The first-order chi connectivity index (χ1) is 5.29. The fourth-order valence-corrected chi connectivity index (χ4v) is 2.87. The zero-order chi connectivity index (χ0) is 7.84. The van der Waals surface area contributed by atoms with Gasteiger partial charge in [-0.3, -0.25) is 0 Å². The van der Waals surface area contributed by atoms with Crippen molar-refractivity contribution in [3.05, 3.63) is 33.1 Å². The molecule has 0 fully saturated rings. The summed E-state index contributed by atoms with van der Waals surface area (Å²) in [4.78, 5) is 0. The number of halogens is 2. The van der Waals surface area contributed by atoms with Crippen molar-refractivity contribution in [1.82, 2.24) is 0 Å². The average molecular weight is 248 g/mol. The van der Waals surface area contributed by atoms with Crippen molar-refractivity contribution >= 4 is 49.0 Å². The van der Waals surface area contributed by atoms with Gasteiger partial charge in [0, 0.05) is 10.1 Å². The summed E-state index contributed by atoms with van der Waals surface area (Å²) in [5.74, 6) is 0. The van der Waals surface area contributed by atoms with Crippen molar-refractivity contribution in [2.24, 2.45) is 0 Å². The molecule has 0 spiro atoms. The van der Waals surface area contributed by atoms with E-state index < -0.39 is 0 Å². The van der Waals surface area contributed by atoms with Gasteiger partial charge in [0.15, 0.2) is 0 Å². The summed E-state index contributed by atoms with van der Waals surface area (Å²) in [5, 5.41) is 1.20. The molecule has 1 heterocycles. The second kappa shape index (κ2) is 2.77. The standard InChI is InChI=1S/C8H4BrClS/c9-7-5-3-1-2-4-6(5)11-8(7)10/h1-4H. The number of fused-ring (bicyclic) bond motifs is 1. The Balaban J connectivity index is 2.92. The molecule has 0 aliphatic rings. The molecule has 0 saturated carbocycles. The molecule has 0 saturated heterocycles. The minimum absolute atomic E-state index is 0.825. The van der Waals surface area contributed by atoms with Gasteiger partial charge in [-0.25, -0.2) is 0 Å². The molecule has 0 amide bonds. The number of hydrogen-bond donors (Lipinski definition) is 0. The van der Waals surface area contributed by atoms with Crippen LogP contribution in [0.5, 0.6) is 0 Å². The van der Waals surface area contributed by atoms with Crippen LogP contribution in [0.4, 0.5) is 0 Å². The molecule has 2 aromatic rings. The van der Waals surface area contributed by atoms with Gasteiger partial charge in [0.2, 0.25) is 0 Å². The Morgan fingerprint density at radius 3 is 2.73 bits per heavy atom. The quantitative estimate of drug-likeness (QED) is 0.650. The maximum absolute atomic E-state index is 5.92. The van der Waals surface area contributed by atoms with Crippen molar-refractivity contribution in [3.63, 3.8) is 0 Å². The second-order valence-corrected chi connectivity index (χ2v) is 4.63. The van der Waals surface area contributed by atoms with Crippen LogP contribution in [0.25, 0.3) is 10.1 Å². The van der Waals surface area contributed by atoms with E-state index in [1.165, 1.54) is 10.1 Å². The molecule has 1 aromatic carbocycles. The lowest BCUT2D eigenvalue weighted by atomic mass is 10.3. The first-order valence-corrected chi connectivity index (χ1v) is 5.10. The maximum Gasteiger partial charge on any atom is 0.108 e. The molecule has 0 radical (unpaired) electrons. The van der Waals surface area contributed by atoms with Gasteiger partial charge in [0.1, 0.15) is 4.34 Å². The first-order valence-electron chi connectivity index (χ1n) is 3.11. The van der Waals surface area contributed by atoms with E-state index in [9.17, 15) is 0 Å². The highest BCUT2D eigenvalue weighted by molar-refractivity contribution is 9.10. The highest BCUT2D eigenvalue weighted by Gasteiger charge is 2.05. The Bertz CT molecular complexity index is 394. The summed E-state index contributed by atoms with van der Waals surface area (Å²) in [5.41, 5.74) is 0. The summed E-state index contributed by atoms with van der Waals surface area (Å²) in [6, 6.07) is 8.15. The van der Waals surface area contributed by atoms with Crippen LogP contribution in [-0.4, -0.2) is 0 Å². The third kappa shape index (κ3) is 1.19. The lowest BCUT2D eigenvalue weighted by Crippen LogP contribution is -1.60. The van der Waals surface area contributed by atoms with Gasteiger partial charge >= 0.3 is 0 Å². The summed E-state index contributed by atoms with van der Waals surface area (Å²) in [6.07, 6.45) is 0. The zero-order valence-electron chi connectivity index (χ0n) is 5.47. The van der Waals surface area contributed by atoms with Crippen LogP contribution in [0, 0.1) is 0 Å². The largest absolute Gasteiger partial charge is 0.122 e. The lowest BCUT2D eigenvalue weighted by Gasteiger charge is -1.86. The fourth-order valence-electron chi connectivity index (χ4n) is 0.984. The average Bonchev–Trinajstić information content (AvgIpc) is 2.30. The van der Waals surface area contributed by atoms with Crippen LogP contribution in [0.3, 0.4) is 0 Å². The van der Waals surface area contributed by atoms with Gasteiger partial charge in [-0.05, 0) is 22.0 Å². The zero-order valence-corrected chi connectivity index (χ0v) is 8.63. The number of rotatable bonds is 0. The Morgan fingerprint density at radius 2 is 2.00 bits per heavy atom. The van der Waals surface area contributed by atoms with Gasteiger partial charge in [-0.1, -0.05) is 29.8 Å². The van der Waals surface area contributed by atoms with Crippen molar-refractivity contribution in [1.29, 1.82) is 0 Å². The van der Waals surface area contributed by atoms with Crippen molar-refractivity contribution in [2.45, 2.75) is 0 Å². The Labute approximate surface area is 81.9 Å². The van der Waals surface area contributed by atoms with Crippen molar-refractivity contribution in [2.75, 3.05) is 0 Å². The number of thiophene rings is 1. The van der Waals surface area contributed by atoms with Gasteiger partial charge < -0.3 is 0 Å². The molecule has 3 heteroatoms. The van der Waals surface area contributed by atoms with Crippen LogP contribution in [-0.2, 0) is 0 Å². The van der Waals surface area contributed by atoms with E-state index >= 15 is 0 Å². The molecule has 0 N–H and O–H groups in total. The van der Waals surface area contributed by atoms with Crippen LogP contribution >= 0.6 is 38.9 Å². The molecule has 2 rings (SSSR count). The molecule has 56 valence electrons. The van der Waals surface area contributed by atoms with Crippen LogP contribution in [0.15, 0.2) is 28.7 Å². The van der Waals surface area contributed by atoms with Gasteiger partial charge in [0.05, 0.1) is 4.47 Å². The summed E-state index contributed by atoms with van der Waals surface area (Å²) >= 11 is 11.0. The van der Waals surface area contributed by atoms with Crippen molar-refractivity contribution < 1.29 is 0 Å². The molecule has 0 unspecified atom stereocenters. The summed E-state index contributed by atoms with van der Waals surface area (Å²) in [6.45, 7) is 0. The van der Waals surface area contributed by atoms with Gasteiger partial charge in [0.25, 0.3) is 0 Å². The Kier molecular flexibility index (Phi) is 1.91. The van der Waals surface area contributed by atoms with Gasteiger partial charge in [-0.2, -0.15) is 0 Å². The summed E-state index contributed by atoms with van der Waals surface area (Å²) in [7, 11) is 0. The SMILES string of the molecule is Clc1sc2ccccc2c1Br. The normalized spacial score (nSPS) is 10.7. The predicted molar refractivity (Wildman–Crippen MR) is 54.5 cm³/mol. The van der Waals surface area contributed by atoms with E-state index in [2.05, 4.69) is 28.1 Å². The van der Waals surface area contributed by atoms with E-state index in [1.54, 1.807) is 11.3 Å². The van der Waals surface area contributed by atoms with E-state index in [-0.39, 0.29) is 0 Å². The number of hydrogen-bond acceptors (Lipinski definition) is 1. The minimum atomic E-state index is 0.825. The predicted octanol–water partition coefficient (Wildman–Crippen LogP) is 4.32. The monoisotopic (exact) mass is 246 g/mol. The molecule has 1 aromatic heterocycles. The molecular formula is C8H4BrClS. The third-order valence-corrected chi connectivity index (χ3v) is 4.19. The molecule has 0 aliphatic carbocycles. The van der Waals surface area contributed by atoms with Crippen LogP contribution in [0.2, 0.25) is 4.34 Å². The molecule has 11 heavy (non-hydrogen) atoms. The van der Waals surface area contributed by atoms with Crippen LogP contribution in [0.1, 0.15) is 0 Å².